The summed E-state index contributed by atoms with van der Waals surface area (Å²) in [6, 6.07) is 3.16. The molecule has 1 amide bonds. The Kier molecular flexibility index (Phi) is 4.91. The third kappa shape index (κ3) is 4.00. The highest BCUT2D eigenvalue weighted by atomic mass is 35.5. The summed E-state index contributed by atoms with van der Waals surface area (Å²) in [5.41, 5.74) is 0.843. The van der Waals surface area contributed by atoms with E-state index in [1.54, 1.807) is 19.1 Å². The second kappa shape index (κ2) is 6.55. The van der Waals surface area contributed by atoms with Crippen LogP contribution in [-0.4, -0.2) is 32.1 Å². The molecule has 122 valence electrons. The van der Waals surface area contributed by atoms with Gasteiger partial charge in [0.15, 0.2) is 9.84 Å². The van der Waals surface area contributed by atoms with Gasteiger partial charge in [-0.1, -0.05) is 17.7 Å². The van der Waals surface area contributed by atoms with E-state index in [0.29, 0.717) is 15.9 Å². The van der Waals surface area contributed by atoms with Crippen LogP contribution >= 0.6 is 11.6 Å². The van der Waals surface area contributed by atoms with Gasteiger partial charge in [-0.05, 0) is 24.6 Å². The van der Waals surface area contributed by atoms with Crippen LogP contribution in [0.15, 0.2) is 34.6 Å². The van der Waals surface area contributed by atoms with Crippen LogP contribution in [0.1, 0.15) is 15.9 Å². The molecule has 0 saturated carbocycles. The van der Waals surface area contributed by atoms with Gasteiger partial charge in [-0.2, -0.15) is 0 Å². The molecular formula is C15H15ClN2O4S. The number of aromatic nitrogens is 1. The average Bonchev–Trinajstić information content (AvgIpc) is 2.47. The van der Waals surface area contributed by atoms with Crippen LogP contribution in [0.2, 0.25) is 5.02 Å². The molecule has 0 bridgehead atoms. The topological polar surface area (TPSA) is 96.1 Å². The number of carbonyl (C=O) groups excluding carboxylic acids is 1. The van der Waals surface area contributed by atoms with Gasteiger partial charge in [-0.25, -0.2) is 8.42 Å². The van der Waals surface area contributed by atoms with Crippen LogP contribution in [0.3, 0.4) is 0 Å². The monoisotopic (exact) mass is 354 g/mol. The Morgan fingerprint density at radius 3 is 2.74 bits per heavy atom. The molecule has 0 atom stereocenters. The molecule has 6 nitrogen and oxygen atoms in total. The van der Waals surface area contributed by atoms with E-state index in [9.17, 15) is 18.0 Å². The number of aromatic amines is 1. The predicted molar refractivity (Wildman–Crippen MR) is 90.6 cm³/mol. The summed E-state index contributed by atoms with van der Waals surface area (Å²) in [5.74, 6) is -0.584. The Labute approximate surface area is 138 Å². The van der Waals surface area contributed by atoms with E-state index < -0.39 is 21.2 Å². The number of H-pyrrole nitrogens is 1. The van der Waals surface area contributed by atoms with Gasteiger partial charge in [0, 0.05) is 34.8 Å². The lowest BCUT2D eigenvalue weighted by molar-refractivity contribution is 0.0957. The van der Waals surface area contributed by atoms with E-state index in [-0.39, 0.29) is 12.1 Å². The van der Waals surface area contributed by atoms with Gasteiger partial charge in [-0.3, -0.25) is 9.59 Å². The number of rotatable bonds is 4. The largest absolute Gasteiger partial charge is 0.360 e. The van der Waals surface area contributed by atoms with Gasteiger partial charge in [0.25, 0.3) is 5.91 Å². The highest BCUT2D eigenvalue weighted by Gasteiger charge is 2.14. The predicted octanol–water partition coefficient (Wildman–Crippen LogP) is 1.78. The first-order chi connectivity index (χ1) is 10.7. The molecule has 1 aromatic carbocycles. The van der Waals surface area contributed by atoms with E-state index in [1.165, 1.54) is 12.3 Å². The number of amides is 1. The summed E-state index contributed by atoms with van der Waals surface area (Å²) < 4.78 is 21.9. The molecule has 0 aliphatic carbocycles. The summed E-state index contributed by atoms with van der Waals surface area (Å²) in [7, 11) is -3.24. The van der Waals surface area contributed by atoms with E-state index in [4.69, 9.17) is 11.6 Å². The summed E-state index contributed by atoms with van der Waals surface area (Å²) in [6.07, 6.45) is 3.67. The smallest absolute Gasteiger partial charge is 0.257 e. The molecule has 1 aromatic heterocycles. The van der Waals surface area contributed by atoms with Gasteiger partial charge in [-0.15, -0.1) is 0 Å². The molecule has 8 heteroatoms. The summed E-state index contributed by atoms with van der Waals surface area (Å²) >= 11 is 6.01. The number of halogens is 1. The van der Waals surface area contributed by atoms with Crippen molar-refractivity contribution in [2.24, 2.45) is 0 Å². The maximum Gasteiger partial charge on any atom is 0.257 e. The van der Waals surface area contributed by atoms with Crippen molar-refractivity contribution in [3.8, 4) is 0 Å². The first-order valence-corrected chi connectivity index (χ1v) is 8.99. The Hall–Kier alpha value is -2.12. The summed E-state index contributed by atoms with van der Waals surface area (Å²) in [4.78, 5) is 27.3. The van der Waals surface area contributed by atoms with Crippen molar-refractivity contribution in [2.45, 2.75) is 6.92 Å². The Morgan fingerprint density at radius 2 is 2.09 bits per heavy atom. The van der Waals surface area contributed by atoms with Gasteiger partial charge < -0.3 is 10.3 Å². The summed E-state index contributed by atoms with van der Waals surface area (Å²) in [6.45, 7) is 1.78. The fourth-order valence-corrected chi connectivity index (χ4v) is 2.66. The SMILES string of the molecule is Cc1c(Cl)ccc2c(=O)c(C(=O)NC/C=C/S(C)(=O)=O)c[nH]c12. The number of nitrogens with one attached hydrogen (secondary N) is 2. The second-order valence-electron chi connectivity index (χ2n) is 5.04. The zero-order valence-electron chi connectivity index (χ0n) is 12.5. The van der Waals surface area contributed by atoms with Crippen LogP contribution < -0.4 is 10.7 Å². The Balaban J connectivity index is 2.29. The fourth-order valence-electron chi connectivity index (χ4n) is 2.05. The lowest BCUT2D eigenvalue weighted by atomic mass is 10.1. The van der Waals surface area contributed by atoms with E-state index in [2.05, 4.69) is 10.3 Å². The minimum atomic E-state index is -3.24. The van der Waals surface area contributed by atoms with Crippen LogP contribution in [0.4, 0.5) is 0 Å². The normalized spacial score (nSPS) is 12.0. The minimum Gasteiger partial charge on any atom is -0.360 e. The Morgan fingerprint density at radius 1 is 1.39 bits per heavy atom. The maximum atomic E-state index is 12.4. The van der Waals surface area contributed by atoms with Crippen molar-refractivity contribution in [1.29, 1.82) is 0 Å². The fraction of sp³-hybridized carbons (Fsp3) is 0.200. The molecule has 1 heterocycles. The van der Waals surface area contributed by atoms with Gasteiger partial charge >= 0.3 is 0 Å². The van der Waals surface area contributed by atoms with Crippen molar-refractivity contribution in [1.82, 2.24) is 10.3 Å². The molecule has 0 aliphatic heterocycles. The van der Waals surface area contributed by atoms with Crippen LogP contribution in [0.5, 0.6) is 0 Å². The van der Waals surface area contributed by atoms with Crippen LogP contribution in [0, 0.1) is 6.92 Å². The number of hydrogen-bond donors (Lipinski definition) is 2. The van der Waals surface area contributed by atoms with Crippen LogP contribution in [0.25, 0.3) is 10.9 Å². The molecule has 0 saturated heterocycles. The molecule has 2 N–H and O–H groups in total. The van der Waals surface area contributed by atoms with Crippen molar-refractivity contribution in [2.75, 3.05) is 12.8 Å². The van der Waals surface area contributed by atoms with E-state index >= 15 is 0 Å². The zero-order valence-corrected chi connectivity index (χ0v) is 14.1. The van der Waals surface area contributed by atoms with Crippen molar-refractivity contribution < 1.29 is 13.2 Å². The molecule has 0 radical (unpaired) electrons. The maximum absolute atomic E-state index is 12.4. The first-order valence-electron chi connectivity index (χ1n) is 6.66. The first kappa shape index (κ1) is 17.2. The quantitative estimate of drug-likeness (QED) is 0.874. The zero-order chi connectivity index (χ0) is 17.2. The number of fused-ring (bicyclic) bond motifs is 1. The molecule has 2 aromatic rings. The number of aryl methyl sites for hydroxylation is 1. The van der Waals surface area contributed by atoms with E-state index in [0.717, 1.165) is 17.2 Å². The average molecular weight is 355 g/mol. The number of sulfone groups is 1. The van der Waals surface area contributed by atoms with Crippen molar-refractivity contribution in [3.63, 3.8) is 0 Å². The Bertz CT molecular complexity index is 961. The second-order valence-corrected chi connectivity index (χ2v) is 7.38. The van der Waals surface area contributed by atoms with Gasteiger partial charge in [0.2, 0.25) is 5.43 Å². The third-order valence-electron chi connectivity index (χ3n) is 3.22. The molecular weight excluding hydrogens is 340 g/mol. The molecule has 23 heavy (non-hydrogen) atoms. The lowest BCUT2D eigenvalue weighted by Gasteiger charge is -2.07. The van der Waals surface area contributed by atoms with Gasteiger partial charge in [0.1, 0.15) is 5.56 Å². The molecule has 0 unspecified atom stereocenters. The highest BCUT2D eigenvalue weighted by molar-refractivity contribution is 7.93. The minimum absolute atomic E-state index is 0.00300. The number of benzene rings is 1. The highest BCUT2D eigenvalue weighted by Crippen LogP contribution is 2.21. The lowest BCUT2D eigenvalue weighted by Crippen LogP contribution is -2.29. The van der Waals surface area contributed by atoms with Crippen LogP contribution in [-0.2, 0) is 9.84 Å². The number of hydrogen-bond acceptors (Lipinski definition) is 4. The molecule has 2 rings (SSSR count). The number of carbonyl (C=O) groups is 1. The third-order valence-corrected chi connectivity index (χ3v) is 4.31. The summed E-state index contributed by atoms with van der Waals surface area (Å²) in [5, 5.41) is 4.35. The molecule has 0 aliphatic rings. The van der Waals surface area contributed by atoms with Gasteiger partial charge in [0.05, 0.1) is 5.52 Å². The molecule has 0 fully saturated rings. The van der Waals surface area contributed by atoms with Crippen molar-refractivity contribution in [3.05, 3.63) is 56.2 Å². The number of pyridine rings is 1. The van der Waals surface area contributed by atoms with E-state index in [1.807, 2.05) is 0 Å². The molecule has 0 spiro atoms. The van der Waals surface area contributed by atoms with Crippen molar-refractivity contribution >= 4 is 38.2 Å². The standard InChI is InChI=1S/C15H15ClN2O4S/c1-9-12(16)5-4-10-13(9)18-8-11(14(10)19)15(20)17-6-3-7-23(2,21)22/h3-5,7-8H,6H2,1-2H3,(H,17,20)(H,18,19)/b7-3+.